The number of hydrogen-bond acceptors (Lipinski definition) is 3. The maximum absolute atomic E-state index is 10.7. The van der Waals surface area contributed by atoms with E-state index in [1.54, 1.807) is 0 Å². The number of nitrogens with zero attached hydrogens (tertiary/aromatic N) is 2. The minimum absolute atomic E-state index is 0.372. The molecule has 0 aliphatic carbocycles. The second-order valence-electron chi connectivity index (χ2n) is 3.12. The van der Waals surface area contributed by atoms with Gasteiger partial charge in [0.1, 0.15) is 4.64 Å². The second kappa shape index (κ2) is 3.38. The predicted octanol–water partition coefficient (Wildman–Crippen LogP) is 1.18. The monoisotopic (exact) mass is 211 g/mol. The minimum Gasteiger partial charge on any atom is -0.465 e. The average Bonchev–Trinajstić information content (AvgIpc) is 2.17. The molecule has 1 amide bonds. The van der Waals surface area contributed by atoms with Crippen LogP contribution in [0.4, 0.5) is 4.79 Å². The molecular formula is C8H9N3O2S. The van der Waals surface area contributed by atoms with E-state index in [2.05, 4.69) is 9.97 Å². The fourth-order valence-corrected chi connectivity index (χ4v) is 1.82. The van der Waals surface area contributed by atoms with Crippen molar-refractivity contribution in [2.75, 3.05) is 6.54 Å². The zero-order chi connectivity index (χ0) is 10.1. The molecule has 0 fully saturated rings. The number of aromatic nitrogens is 2. The number of H-pyrrole nitrogens is 1. The summed E-state index contributed by atoms with van der Waals surface area (Å²) >= 11 is 5.05. The van der Waals surface area contributed by atoms with Crippen molar-refractivity contribution in [1.82, 2.24) is 14.9 Å². The molecule has 2 rings (SSSR count). The van der Waals surface area contributed by atoms with Crippen molar-refractivity contribution in [1.29, 1.82) is 0 Å². The van der Waals surface area contributed by atoms with Crippen molar-refractivity contribution in [3.8, 4) is 0 Å². The van der Waals surface area contributed by atoms with Gasteiger partial charge in [-0.2, -0.15) is 0 Å². The summed E-state index contributed by atoms with van der Waals surface area (Å²) in [4.78, 5) is 19.0. The van der Waals surface area contributed by atoms with Gasteiger partial charge in [0.2, 0.25) is 0 Å². The number of fused-ring (bicyclic) bond motifs is 1. The van der Waals surface area contributed by atoms with E-state index in [0.717, 1.165) is 11.3 Å². The molecule has 0 radical (unpaired) electrons. The quantitative estimate of drug-likeness (QED) is 0.632. The molecule has 6 heteroatoms. The van der Waals surface area contributed by atoms with Crippen LogP contribution in [0.15, 0.2) is 6.33 Å². The van der Waals surface area contributed by atoms with E-state index in [0.29, 0.717) is 24.2 Å². The molecule has 0 atom stereocenters. The Bertz CT molecular complexity index is 429. The first-order valence-corrected chi connectivity index (χ1v) is 4.62. The Labute approximate surface area is 85.4 Å². The number of nitrogens with one attached hydrogen (secondary N) is 1. The van der Waals surface area contributed by atoms with E-state index >= 15 is 0 Å². The Morgan fingerprint density at radius 2 is 2.50 bits per heavy atom. The van der Waals surface area contributed by atoms with Gasteiger partial charge < -0.3 is 15.0 Å². The normalized spacial score (nSPS) is 15.0. The number of hydrogen-bond donors (Lipinski definition) is 2. The van der Waals surface area contributed by atoms with Gasteiger partial charge in [-0.05, 0) is 6.42 Å². The maximum Gasteiger partial charge on any atom is 0.407 e. The molecule has 1 aliphatic rings. The summed E-state index contributed by atoms with van der Waals surface area (Å²) < 4.78 is 0.573. The first-order chi connectivity index (χ1) is 6.68. The lowest BCUT2D eigenvalue weighted by Crippen LogP contribution is -2.35. The topological polar surface area (TPSA) is 69.2 Å². The van der Waals surface area contributed by atoms with Crippen molar-refractivity contribution in [3.05, 3.63) is 22.2 Å². The summed E-state index contributed by atoms with van der Waals surface area (Å²) in [5, 5.41) is 8.80. The average molecular weight is 211 g/mol. The van der Waals surface area contributed by atoms with Crippen LogP contribution >= 0.6 is 12.2 Å². The van der Waals surface area contributed by atoms with E-state index in [1.807, 2.05) is 0 Å². The van der Waals surface area contributed by atoms with E-state index in [1.165, 1.54) is 11.2 Å². The van der Waals surface area contributed by atoms with Crippen LogP contribution in [0, 0.1) is 4.64 Å². The molecule has 0 bridgehead atoms. The van der Waals surface area contributed by atoms with Crippen LogP contribution in [-0.2, 0) is 13.0 Å². The number of rotatable bonds is 0. The van der Waals surface area contributed by atoms with Crippen molar-refractivity contribution in [3.63, 3.8) is 0 Å². The van der Waals surface area contributed by atoms with E-state index < -0.39 is 6.09 Å². The highest BCUT2D eigenvalue weighted by Gasteiger charge is 2.20. The van der Waals surface area contributed by atoms with E-state index in [9.17, 15) is 4.79 Å². The lowest BCUT2D eigenvalue weighted by molar-refractivity contribution is 0.139. The molecule has 0 aromatic carbocycles. The molecule has 0 saturated heterocycles. The molecule has 14 heavy (non-hydrogen) atoms. The van der Waals surface area contributed by atoms with Crippen LogP contribution in [-0.4, -0.2) is 32.6 Å². The SMILES string of the molecule is O=C(O)N1CCc2c([nH]cnc2=S)C1. The number of amides is 1. The summed E-state index contributed by atoms with van der Waals surface area (Å²) in [6, 6.07) is 0. The van der Waals surface area contributed by atoms with Crippen LogP contribution in [0.5, 0.6) is 0 Å². The Morgan fingerprint density at radius 1 is 1.71 bits per heavy atom. The van der Waals surface area contributed by atoms with Crippen molar-refractivity contribution in [2.45, 2.75) is 13.0 Å². The van der Waals surface area contributed by atoms with Crippen LogP contribution in [0.1, 0.15) is 11.3 Å². The van der Waals surface area contributed by atoms with Gasteiger partial charge in [-0.1, -0.05) is 12.2 Å². The molecule has 0 unspecified atom stereocenters. The molecule has 2 heterocycles. The van der Waals surface area contributed by atoms with Gasteiger partial charge in [0, 0.05) is 17.8 Å². The Kier molecular flexibility index (Phi) is 2.20. The zero-order valence-electron chi connectivity index (χ0n) is 7.36. The molecule has 0 saturated carbocycles. The minimum atomic E-state index is -0.896. The Hall–Kier alpha value is -1.43. The van der Waals surface area contributed by atoms with Crippen LogP contribution in [0.2, 0.25) is 0 Å². The van der Waals surface area contributed by atoms with Crippen LogP contribution in [0.25, 0.3) is 0 Å². The molecule has 1 aliphatic heterocycles. The van der Waals surface area contributed by atoms with Gasteiger partial charge in [0.25, 0.3) is 0 Å². The number of carboxylic acid groups (broad SMARTS) is 1. The third-order valence-electron chi connectivity index (χ3n) is 2.29. The predicted molar refractivity (Wildman–Crippen MR) is 51.6 cm³/mol. The maximum atomic E-state index is 10.7. The largest absolute Gasteiger partial charge is 0.465 e. The summed E-state index contributed by atoms with van der Waals surface area (Å²) in [7, 11) is 0. The third-order valence-corrected chi connectivity index (χ3v) is 2.65. The van der Waals surface area contributed by atoms with Crippen molar-refractivity contribution >= 4 is 18.3 Å². The van der Waals surface area contributed by atoms with E-state index in [-0.39, 0.29) is 0 Å². The summed E-state index contributed by atoms with van der Waals surface area (Å²) in [5.74, 6) is 0. The molecule has 5 nitrogen and oxygen atoms in total. The van der Waals surface area contributed by atoms with Gasteiger partial charge in [0.05, 0.1) is 12.9 Å². The second-order valence-corrected chi connectivity index (χ2v) is 3.51. The fourth-order valence-electron chi connectivity index (χ4n) is 1.54. The summed E-state index contributed by atoms with van der Waals surface area (Å²) in [6.45, 7) is 0.863. The highest BCUT2D eigenvalue weighted by Crippen LogP contribution is 2.16. The lowest BCUT2D eigenvalue weighted by atomic mass is 10.1. The smallest absolute Gasteiger partial charge is 0.407 e. The molecule has 74 valence electrons. The van der Waals surface area contributed by atoms with Gasteiger partial charge in [0.15, 0.2) is 0 Å². The van der Waals surface area contributed by atoms with Crippen molar-refractivity contribution < 1.29 is 9.90 Å². The van der Waals surface area contributed by atoms with E-state index in [4.69, 9.17) is 17.3 Å². The number of carbonyl (C=O) groups is 1. The van der Waals surface area contributed by atoms with Gasteiger partial charge in [-0.25, -0.2) is 9.78 Å². The summed E-state index contributed by atoms with van der Waals surface area (Å²) in [6.07, 6.45) is 1.25. The van der Waals surface area contributed by atoms with Crippen molar-refractivity contribution in [2.24, 2.45) is 0 Å². The third kappa shape index (κ3) is 1.48. The first kappa shape index (κ1) is 9.14. The van der Waals surface area contributed by atoms with Gasteiger partial charge >= 0.3 is 6.09 Å². The lowest BCUT2D eigenvalue weighted by Gasteiger charge is -2.25. The molecular weight excluding hydrogens is 202 g/mol. The van der Waals surface area contributed by atoms with Gasteiger partial charge in [-0.15, -0.1) is 0 Å². The first-order valence-electron chi connectivity index (χ1n) is 4.22. The standard InChI is InChI=1S/C8H9N3O2S/c12-8(13)11-2-1-5-6(3-11)9-4-10-7(5)14/h4H,1-3H2,(H,12,13)(H,9,10,14). The molecule has 1 aromatic heterocycles. The molecule has 1 aromatic rings. The fraction of sp³-hybridized carbons (Fsp3) is 0.375. The Balaban J connectivity index is 2.36. The highest BCUT2D eigenvalue weighted by molar-refractivity contribution is 7.71. The van der Waals surface area contributed by atoms with Crippen LogP contribution < -0.4 is 0 Å². The molecule has 0 spiro atoms. The summed E-state index contributed by atoms with van der Waals surface area (Å²) in [5.41, 5.74) is 1.83. The van der Waals surface area contributed by atoms with Crippen LogP contribution in [0.3, 0.4) is 0 Å². The zero-order valence-corrected chi connectivity index (χ0v) is 8.17. The number of aromatic amines is 1. The molecule has 2 N–H and O–H groups in total. The highest BCUT2D eigenvalue weighted by atomic mass is 32.1. The Morgan fingerprint density at radius 3 is 3.21 bits per heavy atom. The van der Waals surface area contributed by atoms with Gasteiger partial charge in [-0.3, -0.25) is 0 Å².